The highest BCUT2D eigenvalue weighted by atomic mass is 16.6. The summed E-state index contributed by atoms with van der Waals surface area (Å²) >= 11 is 0. The van der Waals surface area contributed by atoms with Crippen LogP contribution in [0, 0.1) is 10.8 Å². The van der Waals surface area contributed by atoms with Crippen molar-refractivity contribution in [2.45, 2.75) is 85.0 Å². The smallest absolute Gasteiger partial charge is 0.313 e. The third-order valence-electron chi connectivity index (χ3n) is 9.75. The Bertz CT molecular complexity index is 1340. The molecule has 3 fully saturated rings. The number of hydrogen-bond donors (Lipinski definition) is 0. The van der Waals surface area contributed by atoms with Gasteiger partial charge in [0.15, 0.2) is 5.60 Å². The summed E-state index contributed by atoms with van der Waals surface area (Å²) < 4.78 is 17.4. The van der Waals surface area contributed by atoms with Gasteiger partial charge in [0.1, 0.15) is 18.6 Å². The molecule has 0 unspecified atom stereocenters. The van der Waals surface area contributed by atoms with Gasteiger partial charge in [-0.05, 0) is 42.7 Å². The third-order valence-corrected chi connectivity index (χ3v) is 9.75. The molecule has 1 aromatic heterocycles. The highest BCUT2D eigenvalue weighted by molar-refractivity contribution is 5.96. The monoisotopic (exact) mass is 550 g/mol. The van der Waals surface area contributed by atoms with E-state index in [1.807, 2.05) is 37.8 Å². The van der Waals surface area contributed by atoms with Gasteiger partial charge in [0.25, 0.3) is 5.91 Å². The van der Waals surface area contributed by atoms with Crippen molar-refractivity contribution in [1.29, 1.82) is 0 Å². The Morgan fingerprint density at radius 3 is 2.33 bits per heavy atom. The molecule has 5 rings (SSSR count). The first-order valence-corrected chi connectivity index (χ1v) is 14.4. The second-order valence-electron chi connectivity index (χ2n) is 13.4. The average molecular weight is 551 g/mol. The van der Waals surface area contributed by atoms with Crippen molar-refractivity contribution in [2.75, 3.05) is 26.2 Å². The minimum atomic E-state index is -1.08. The molecular weight excluding hydrogens is 508 g/mol. The van der Waals surface area contributed by atoms with Gasteiger partial charge in [0.2, 0.25) is 11.2 Å². The lowest BCUT2D eigenvalue weighted by atomic mass is 9.66. The molecule has 2 aromatic rings. The second kappa shape index (κ2) is 10.1. The van der Waals surface area contributed by atoms with Gasteiger partial charge in [-0.15, -0.1) is 0 Å². The normalized spacial score (nSPS) is 26.4. The van der Waals surface area contributed by atoms with E-state index < -0.39 is 16.4 Å². The highest BCUT2D eigenvalue weighted by Crippen LogP contribution is 2.66. The van der Waals surface area contributed by atoms with Gasteiger partial charge in [0.05, 0.1) is 12.0 Å². The van der Waals surface area contributed by atoms with E-state index in [1.165, 1.54) is 17.9 Å². The van der Waals surface area contributed by atoms with Gasteiger partial charge >= 0.3 is 5.97 Å². The molecule has 1 amide bonds. The Hall–Kier alpha value is -3.13. The molecule has 40 heavy (non-hydrogen) atoms. The molecule has 0 spiro atoms. The fraction of sp³-hybridized carbons (Fsp3) is 0.594. The summed E-state index contributed by atoms with van der Waals surface area (Å²) in [6, 6.07) is 9.71. The van der Waals surface area contributed by atoms with Crippen LogP contribution in [0.1, 0.15) is 77.7 Å². The van der Waals surface area contributed by atoms with E-state index in [0.717, 1.165) is 18.5 Å². The Morgan fingerprint density at radius 2 is 1.73 bits per heavy atom. The van der Waals surface area contributed by atoms with E-state index in [0.29, 0.717) is 44.8 Å². The molecule has 216 valence electrons. The first kappa shape index (κ1) is 28.4. The lowest BCUT2D eigenvalue weighted by molar-refractivity contribution is -0.174. The number of amides is 1. The fourth-order valence-electron chi connectivity index (χ4n) is 6.42. The van der Waals surface area contributed by atoms with Gasteiger partial charge in [0, 0.05) is 37.7 Å². The van der Waals surface area contributed by atoms with E-state index in [-0.39, 0.29) is 35.1 Å². The Labute approximate surface area is 236 Å². The minimum Gasteiger partial charge on any atom is -0.482 e. The van der Waals surface area contributed by atoms with Crippen LogP contribution in [0.2, 0.25) is 0 Å². The zero-order valence-corrected chi connectivity index (χ0v) is 24.7. The van der Waals surface area contributed by atoms with E-state index >= 15 is 0 Å². The fourth-order valence-corrected chi connectivity index (χ4v) is 6.42. The van der Waals surface area contributed by atoms with E-state index in [9.17, 15) is 14.4 Å². The quantitative estimate of drug-likeness (QED) is 0.483. The van der Waals surface area contributed by atoms with Crippen molar-refractivity contribution < 1.29 is 23.5 Å². The number of benzene rings is 1. The van der Waals surface area contributed by atoms with Crippen molar-refractivity contribution >= 4 is 11.9 Å². The van der Waals surface area contributed by atoms with Crippen molar-refractivity contribution in [3.63, 3.8) is 0 Å². The predicted octanol–water partition coefficient (Wildman–Crippen LogP) is 4.67. The van der Waals surface area contributed by atoms with Crippen LogP contribution in [0.5, 0.6) is 5.75 Å². The van der Waals surface area contributed by atoms with Crippen LogP contribution in [0.3, 0.4) is 0 Å². The number of ether oxygens (including phenoxy) is 2. The summed E-state index contributed by atoms with van der Waals surface area (Å²) in [7, 11) is 0. The first-order chi connectivity index (χ1) is 18.8. The molecule has 0 N–H and O–H groups in total. The molecule has 8 nitrogen and oxygen atoms in total. The molecule has 2 atom stereocenters. The number of carbonyl (C=O) groups excluding carboxylic acids is 2. The van der Waals surface area contributed by atoms with Crippen LogP contribution in [0.25, 0.3) is 0 Å². The van der Waals surface area contributed by atoms with Crippen molar-refractivity contribution in [3.05, 3.63) is 63.7 Å². The van der Waals surface area contributed by atoms with Crippen LogP contribution in [0.4, 0.5) is 0 Å². The van der Waals surface area contributed by atoms with Crippen molar-refractivity contribution in [1.82, 2.24) is 9.80 Å². The molecule has 2 bridgehead atoms. The van der Waals surface area contributed by atoms with Crippen LogP contribution in [0.15, 0.2) is 45.8 Å². The topological polar surface area (TPSA) is 89.3 Å². The van der Waals surface area contributed by atoms with E-state index in [4.69, 9.17) is 13.9 Å². The third kappa shape index (κ3) is 4.74. The molecule has 3 aliphatic rings. The summed E-state index contributed by atoms with van der Waals surface area (Å²) in [4.78, 5) is 43.2. The summed E-state index contributed by atoms with van der Waals surface area (Å²) in [5, 5.41) is 0. The highest BCUT2D eigenvalue weighted by Gasteiger charge is 2.76. The number of fused-ring (bicyclic) bond motifs is 2. The van der Waals surface area contributed by atoms with E-state index in [2.05, 4.69) is 37.8 Å². The maximum atomic E-state index is 13.8. The van der Waals surface area contributed by atoms with Gasteiger partial charge in [-0.2, -0.15) is 0 Å². The van der Waals surface area contributed by atoms with E-state index in [1.54, 1.807) is 0 Å². The van der Waals surface area contributed by atoms with Crippen LogP contribution >= 0.6 is 0 Å². The minimum absolute atomic E-state index is 0.0741. The van der Waals surface area contributed by atoms with Gasteiger partial charge in [-0.1, -0.05) is 58.9 Å². The second-order valence-corrected chi connectivity index (χ2v) is 13.4. The molecule has 1 aliphatic carbocycles. The van der Waals surface area contributed by atoms with Gasteiger partial charge in [-0.3, -0.25) is 19.3 Å². The number of esters is 1. The molecule has 2 saturated heterocycles. The number of rotatable bonds is 6. The van der Waals surface area contributed by atoms with Gasteiger partial charge in [-0.25, -0.2) is 0 Å². The summed E-state index contributed by atoms with van der Waals surface area (Å²) in [6.07, 6.45) is 3.42. The van der Waals surface area contributed by atoms with Crippen LogP contribution < -0.4 is 10.2 Å². The van der Waals surface area contributed by atoms with Crippen LogP contribution in [-0.2, 0) is 32.9 Å². The molecule has 1 aromatic carbocycles. The average Bonchev–Trinajstić information content (AvgIpc) is 3.08. The Morgan fingerprint density at radius 1 is 1.00 bits per heavy atom. The summed E-state index contributed by atoms with van der Waals surface area (Å²) in [5.41, 5.74) is -0.158. The zero-order valence-electron chi connectivity index (χ0n) is 24.7. The maximum Gasteiger partial charge on any atom is 0.313 e. The van der Waals surface area contributed by atoms with Crippen LogP contribution in [-0.4, -0.2) is 53.5 Å². The Balaban J connectivity index is 1.17. The lowest BCUT2D eigenvalue weighted by Gasteiger charge is -2.38. The summed E-state index contributed by atoms with van der Waals surface area (Å²) in [6.45, 7) is 15.7. The molecule has 2 aliphatic heterocycles. The molecule has 8 heteroatoms. The molecule has 0 radical (unpaired) electrons. The predicted molar refractivity (Wildman–Crippen MR) is 151 cm³/mol. The Kier molecular flexibility index (Phi) is 7.14. The molecule has 3 heterocycles. The summed E-state index contributed by atoms with van der Waals surface area (Å²) in [5.74, 6) is 0.417. The number of hydrogen-bond acceptors (Lipinski definition) is 7. The first-order valence-electron chi connectivity index (χ1n) is 14.4. The molecular formula is C32H42N2O6. The number of carbonyl (C=O) groups is 2. The van der Waals surface area contributed by atoms with Crippen molar-refractivity contribution in [2.24, 2.45) is 10.8 Å². The van der Waals surface area contributed by atoms with Crippen molar-refractivity contribution in [3.8, 4) is 5.75 Å². The maximum absolute atomic E-state index is 13.8. The molecule has 1 saturated carbocycles. The largest absolute Gasteiger partial charge is 0.482 e. The van der Waals surface area contributed by atoms with Gasteiger partial charge < -0.3 is 18.8 Å². The number of nitrogens with zero attached hydrogens (tertiary/aromatic N) is 2. The standard InChI is InChI=1S/C32H42N2O6/c1-29(2,3)23-10-8-22(9-11-23)20-39-26-21-38-24(18-25(26)35)19-33-14-7-15-34(17-16-33)27(36)32-13-12-31(6,28(37)40-32)30(32,4)5/h8-11,18,21H,7,12-17,19-20H2,1-6H3/t31-,32+/m0/s1. The SMILES string of the molecule is CC(C)(C)c1ccc(COc2coc(CN3CCCN(C(=O)[C@@]45CC[C@@](C)(C(=O)O4)C5(C)C)CC3)cc2=O)cc1. The zero-order chi connectivity index (χ0) is 28.9. The lowest BCUT2D eigenvalue weighted by Crippen LogP contribution is -2.55.